The molecular formula is C11H12F4N2O2. The predicted molar refractivity (Wildman–Crippen MR) is 56.0 cm³/mol. The fourth-order valence-electron chi connectivity index (χ4n) is 2.19. The maximum Gasteiger partial charge on any atom is 0.327 e. The van der Waals surface area contributed by atoms with Crippen molar-refractivity contribution in [3.63, 3.8) is 0 Å². The molecule has 0 radical (unpaired) electrons. The van der Waals surface area contributed by atoms with Gasteiger partial charge in [-0.1, -0.05) is 0 Å². The minimum Gasteiger partial charge on any atom is -0.465 e. The molecule has 1 aromatic rings. The topological polar surface area (TPSA) is 44.1 Å². The van der Waals surface area contributed by atoms with Crippen LogP contribution in [0.5, 0.6) is 0 Å². The molecule has 0 spiro atoms. The molecule has 0 aliphatic heterocycles. The highest BCUT2D eigenvalue weighted by molar-refractivity contribution is 5.69. The summed E-state index contributed by atoms with van der Waals surface area (Å²) in [6.07, 6.45) is -3.64. The zero-order chi connectivity index (χ0) is 14.2. The number of alkyl halides is 4. The molecule has 0 N–H and O–H groups in total. The highest BCUT2D eigenvalue weighted by Crippen LogP contribution is 2.44. The van der Waals surface area contributed by atoms with E-state index in [1.54, 1.807) is 6.92 Å². The molecule has 0 aromatic carbocycles. The lowest BCUT2D eigenvalue weighted by molar-refractivity contribution is -0.144. The quantitative estimate of drug-likeness (QED) is 0.628. The summed E-state index contributed by atoms with van der Waals surface area (Å²) in [5, 5.41) is 3.44. The van der Waals surface area contributed by atoms with Gasteiger partial charge >= 0.3 is 5.97 Å². The normalized spacial score (nSPS) is 16.7. The first-order valence-corrected chi connectivity index (χ1v) is 5.78. The highest BCUT2D eigenvalue weighted by Gasteiger charge is 2.46. The van der Waals surface area contributed by atoms with Crippen LogP contribution in [0.15, 0.2) is 0 Å². The van der Waals surface area contributed by atoms with E-state index < -0.39 is 42.7 Å². The smallest absolute Gasteiger partial charge is 0.327 e. The fourth-order valence-corrected chi connectivity index (χ4v) is 2.19. The zero-order valence-electron chi connectivity index (χ0n) is 10.1. The lowest BCUT2D eigenvalue weighted by Crippen LogP contribution is -2.21. The number of nitrogens with zero attached hydrogens (tertiary/aromatic N) is 2. The Bertz CT molecular complexity index is 499. The van der Waals surface area contributed by atoms with Crippen molar-refractivity contribution in [3.8, 4) is 0 Å². The average molecular weight is 280 g/mol. The van der Waals surface area contributed by atoms with E-state index in [4.69, 9.17) is 0 Å². The van der Waals surface area contributed by atoms with Gasteiger partial charge in [-0.15, -0.1) is 0 Å². The van der Waals surface area contributed by atoms with Crippen LogP contribution in [0.3, 0.4) is 0 Å². The van der Waals surface area contributed by atoms with Gasteiger partial charge in [0.1, 0.15) is 17.9 Å². The van der Waals surface area contributed by atoms with Crippen LogP contribution in [0.1, 0.15) is 36.7 Å². The Morgan fingerprint density at radius 2 is 2.21 bits per heavy atom. The summed E-state index contributed by atoms with van der Waals surface area (Å²) < 4.78 is 58.0. The Morgan fingerprint density at radius 3 is 2.79 bits per heavy atom. The predicted octanol–water partition coefficient (Wildman–Crippen LogP) is 2.42. The number of carbonyl (C=O) groups excluding carboxylic acids is 1. The van der Waals surface area contributed by atoms with Gasteiger partial charge in [0.15, 0.2) is 0 Å². The van der Waals surface area contributed by atoms with Crippen molar-refractivity contribution in [1.29, 1.82) is 0 Å². The third kappa shape index (κ3) is 2.43. The fraction of sp³-hybridized carbons (Fsp3) is 0.636. The van der Waals surface area contributed by atoms with Crippen LogP contribution in [0.4, 0.5) is 17.6 Å². The molecule has 4 nitrogen and oxygen atoms in total. The van der Waals surface area contributed by atoms with Crippen LogP contribution in [0.25, 0.3) is 0 Å². The number of rotatable bonds is 4. The molecule has 1 heterocycles. The summed E-state index contributed by atoms with van der Waals surface area (Å²) in [5.41, 5.74) is -1.41. The van der Waals surface area contributed by atoms with E-state index >= 15 is 0 Å². The van der Waals surface area contributed by atoms with E-state index in [1.165, 1.54) is 0 Å². The molecule has 0 bridgehead atoms. The van der Waals surface area contributed by atoms with Crippen molar-refractivity contribution in [2.45, 2.75) is 38.7 Å². The number of halogens is 4. The van der Waals surface area contributed by atoms with Gasteiger partial charge in [-0.25, -0.2) is 8.78 Å². The zero-order valence-corrected chi connectivity index (χ0v) is 10.1. The third-order valence-electron chi connectivity index (χ3n) is 2.91. The van der Waals surface area contributed by atoms with Crippen LogP contribution in [0, 0.1) is 0 Å². The Kier molecular flexibility index (Phi) is 3.51. The van der Waals surface area contributed by atoms with E-state index in [-0.39, 0.29) is 18.6 Å². The highest BCUT2D eigenvalue weighted by atomic mass is 19.3. The van der Waals surface area contributed by atoms with E-state index in [2.05, 4.69) is 9.84 Å². The molecule has 2 rings (SSSR count). The minimum atomic E-state index is -3.23. The van der Waals surface area contributed by atoms with Crippen LogP contribution in [0.2, 0.25) is 0 Å². The molecule has 8 heteroatoms. The van der Waals surface area contributed by atoms with E-state index in [1.807, 2.05) is 0 Å². The van der Waals surface area contributed by atoms with Crippen LogP contribution >= 0.6 is 0 Å². The molecule has 19 heavy (non-hydrogen) atoms. The van der Waals surface area contributed by atoms with Gasteiger partial charge in [-0.05, 0) is 13.3 Å². The second-order valence-electron chi connectivity index (χ2n) is 4.18. The van der Waals surface area contributed by atoms with Crippen molar-refractivity contribution < 1.29 is 27.1 Å². The van der Waals surface area contributed by atoms with Crippen LogP contribution < -0.4 is 0 Å². The van der Waals surface area contributed by atoms with E-state index in [0.29, 0.717) is 4.68 Å². The van der Waals surface area contributed by atoms with Crippen molar-refractivity contribution in [3.05, 3.63) is 17.0 Å². The summed E-state index contributed by atoms with van der Waals surface area (Å²) in [6, 6.07) is 0. The Hall–Kier alpha value is -1.60. The monoisotopic (exact) mass is 280 g/mol. The van der Waals surface area contributed by atoms with Crippen LogP contribution in [-0.2, 0) is 28.4 Å². The number of fused-ring (bicyclic) bond motifs is 1. The molecule has 0 amide bonds. The maximum absolute atomic E-state index is 13.7. The standard InChI is InChI=1S/C11H12F4N2O2/c1-2-19-7(18)5-17-9-6(3-4-11(9,14)15)8(16-17)10(12)13/h10H,2-5H2,1H3. The number of hydrogen-bond acceptors (Lipinski definition) is 3. The van der Waals surface area contributed by atoms with Gasteiger partial charge in [-0.2, -0.15) is 13.9 Å². The van der Waals surface area contributed by atoms with Gasteiger partial charge in [-0.3, -0.25) is 9.48 Å². The largest absolute Gasteiger partial charge is 0.465 e. The summed E-state index contributed by atoms with van der Waals surface area (Å²) in [4.78, 5) is 11.3. The molecule has 0 atom stereocenters. The third-order valence-corrected chi connectivity index (χ3v) is 2.91. The van der Waals surface area contributed by atoms with Gasteiger partial charge in [0, 0.05) is 12.0 Å². The Morgan fingerprint density at radius 1 is 1.53 bits per heavy atom. The summed E-state index contributed by atoms with van der Waals surface area (Å²) >= 11 is 0. The Balaban J connectivity index is 2.39. The molecule has 0 saturated carbocycles. The maximum atomic E-state index is 13.7. The first kappa shape index (κ1) is 13.8. The molecule has 0 fully saturated rings. The second-order valence-corrected chi connectivity index (χ2v) is 4.18. The average Bonchev–Trinajstić information content (AvgIpc) is 2.79. The van der Waals surface area contributed by atoms with E-state index in [9.17, 15) is 22.4 Å². The second kappa shape index (κ2) is 4.82. The van der Waals surface area contributed by atoms with Gasteiger partial charge in [0.05, 0.1) is 6.61 Å². The summed E-state index contributed by atoms with van der Waals surface area (Å²) in [7, 11) is 0. The summed E-state index contributed by atoms with van der Waals surface area (Å²) in [6.45, 7) is 1.06. The number of carbonyl (C=O) groups is 1. The number of aromatic nitrogens is 2. The molecule has 106 valence electrons. The SMILES string of the molecule is CCOC(=O)Cn1nc(C(F)F)c2c1C(F)(F)CC2. The molecule has 1 aliphatic rings. The van der Waals surface area contributed by atoms with Gasteiger partial charge in [0.25, 0.3) is 12.3 Å². The van der Waals surface area contributed by atoms with Crippen LogP contribution in [-0.4, -0.2) is 22.4 Å². The first-order valence-electron chi connectivity index (χ1n) is 5.78. The van der Waals surface area contributed by atoms with E-state index in [0.717, 1.165) is 0 Å². The molecule has 1 aliphatic carbocycles. The number of hydrogen-bond donors (Lipinski definition) is 0. The first-order chi connectivity index (χ1) is 8.86. The van der Waals surface area contributed by atoms with Crippen molar-refractivity contribution >= 4 is 5.97 Å². The minimum absolute atomic E-state index is 0.0837. The van der Waals surface area contributed by atoms with Gasteiger partial charge in [0.2, 0.25) is 0 Å². The Labute approximate surface area is 106 Å². The lowest BCUT2D eigenvalue weighted by atomic mass is 10.2. The van der Waals surface area contributed by atoms with Crippen molar-refractivity contribution in [2.24, 2.45) is 0 Å². The number of ether oxygens (including phenoxy) is 1. The molecule has 0 unspecified atom stereocenters. The molecule has 0 saturated heterocycles. The summed E-state index contributed by atoms with van der Waals surface area (Å²) in [5.74, 6) is -4.02. The molecule has 1 aromatic heterocycles. The number of esters is 1. The lowest BCUT2D eigenvalue weighted by Gasteiger charge is -2.12. The molecular weight excluding hydrogens is 268 g/mol. The van der Waals surface area contributed by atoms with Crippen molar-refractivity contribution in [2.75, 3.05) is 6.61 Å². The van der Waals surface area contributed by atoms with Crippen molar-refractivity contribution in [1.82, 2.24) is 9.78 Å². The van der Waals surface area contributed by atoms with Gasteiger partial charge < -0.3 is 4.74 Å².